The van der Waals surface area contributed by atoms with Crippen molar-refractivity contribution in [2.75, 3.05) is 75.1 Å². The van der Waals surface area contributed by atoms with Gasteiger partial charge in [0.05, 0.1) is 7.11 Å². The number of aryl methyl sites for hydroxylation is 2. The molecule has 50 heavy (non-hydrogen) atoms. The number of anilines is 4. The Hall–Kier alpha value is -4.87. The van der Waals surface area contributed by atoms with Crippen molar-refractivity contribution in [1.29, 1.82) is 0 Å². The molecule has 0 unspecified atom stereocenters. The highest BCUT2D eigenvalue weighted by atomic mass is 16.5. The number of nitrogens with zero attached hydrogens (tertiary/aromatic N) is 5. The maximum Gasteiger partial charge on any atom is 0.262 e. The number of para-hydroxylation sites is 1. The molecule has 11 nitrogen and oxygen atoms in total. The van der Waals surface area contributed by atoms with Crippen LogP contribution in [0.15, 0.2) is 66.9 Å². The van der Waals surface area contributed by atoms with Crippen LogP contribution in [0.3, 0.4) is 0 Å². The van der Waals surface area contributed by atoms with Crippen LogP contribution in [-0.2, 0) is 0 Å². The van der Waals surface area contributed by atoms with Crippen molar-refractivity contribution in [3.63, 3.8) is 0 Å². The van der Waals surface area contributed by atoms with E-state index in [0.717, 1.165) is 68.3 Å². The molecular weight excluding hydrogens is 630 g/mol. The standard InChI is InChI=1S/C39H51N7O4/c1-8-44(9-2)23-24-49-32-17-18-34(35(25-32)48-7)50-38-33(37(47)42-36-28(5)11-10-12-29(36)6)26-40-39(43-38)41-30-13-15-31(16-14-30)46-21-19-45(20-22-46)27(3)4/h10-18,25-27H,8-9,19-24H2,1-7H3,(H,42,47)(H,40,41,43). The number of likely N-dealkylation sites (N-methyl/N-ethyl adjacent to an activating group) is 1. The van der Waals surface area contributed by atoms with E-state index in [-0.39, 0.29) is 23.3 Å². The van der Waals surface area contributed by atoms with Crippen molar-refractivity contribution in [2.24, 2.45) is 0 Å². The summed E-state index contributed by atoms with van der Waals surface area (Å²) in [5, 5.41) is 6.31. The largest absolute Gasteiger partial charge is 0.493 e. The minimum absolute atomic E-state index is 0.0828. The summed E-state index contributed by atoms with van der Waals surface area (Å²) in [6, 6.07) is 20.0. The second kappa shape index (κ2) is 17.2. The monoisotopic (exact) mass is 681 g/mol. The lowest BCUT2D eigenvalue weighted by atomic mass is 10.1. The first-order valence-corrected chi connectivity index (χ1v) is 17.5. The zero-order chi connectivity index (χ0) is 35.6. The van der Waals surface area contributed by atoms with Crippen LogP contribution < -0.4 is 29.7 Å². The van der Waals surface area contributed by atoms with Crippen LogP contribution in [0.4, 0.5) is 23.0 Å². The molecule has 11 heteroatoms. The molecular formula is C39H51N7O4. The van der Waals surface area contributed by atoms with Crippen molar-refractivity contribution < 1.29 is 19.0 Å². The summed E-state index contributed by atoms with van der Waals surface area (Å²) in [5.41, 5.74) is 4.80. The van der Waals surface area contributed by atoms with Gasteiger partial charge in [0.2, 0.25) is 11.8 Å². The van der Waals surface area contributed by atoms with Gasteiger partial charge in [-0.25, -0.2) is 4.98 Å². The second-order valence-corrected chi connectivity index (χ2v) is 12.7. The zero-order valence-electron chi connectivity index (χ0n) is 30.5. The van der Waals surface area contributed by atoms with E-state index in [1.807, 2.05) is 50.2 Å². The van der Waals surface area contributed by atoms with E-state index in [2.05, 4.69) is 75.1 Å². The summed E-state index contributed by atoms with van der Waals surface area (Å²) >= 11 is 0. The Balaban J connectivity index is 1.37. The Kier molecular flexibility index (Phi) is 12.5. The third-order valence-electron chi connectivity index (χ3n) is 9.16. The van der Waals surface area contributed by atoms with Crippen LogP contribution in [0.5, 0.6) is 23.1 Å². The van der Waals surface area contributed by atoms with Crippen LogP contribution in [-0.4, -0.2) is 91.2 Å². The molecule has 1 aliphatic heterocycles. The van der Waals surface area contributed by atoms with Gasteiger partial charge in [-0.2, -0.15) is 4.98 Å². The number of nitrogens with one attached hydrogen (secondary N) is 2. The number of rotatable bonds is 15. The first-order chi connectivity index (χ1) is 24.2. The molecule has 0 spiro atoms. The van der Waals surface area contributed by atoms with E-state index in [9.17, 15) is 4.79 Å². The third kappa shape index (κ3) is 9.22. The Morgan fingerprint density at radius 3 is 2.28 bits per heavy atom. The molecule has 0 bridgehead atoms. The van der Waals surface area contributed by atoms with Crippen molar-refractivity contribution in [3.8, 4) is 23.1 Å². The lowest BCUT2D eigenvalue weighted by molar-refractivity contribution is 0.102. The summed E-state index contributed by atoms with van der Waals surface area (Å²) in [6.07, 6.45) is 1.48. The molecule has 4 aromatic rings. The molecule has 2 N–H and O–H groups in total. The number of piperazine rings is 1. The number of carbonyl (C=O) groups excluding carboxylic acids is 1. The van der Waals surface area contributed by atoms with Crippen LogP contribution in [0.25, 0.3) is 0 Å². The summed E-state index contributed by atoms with van der Waals surface area (Å²) in [6.45, 7) is 20.1. The van der Waals surface area contributed by atoms with Crippen molar-refractivity contribution in [3.05, 3.63) is 83.6 Å². The van der Waals surface area contributed by atoms with Crippen LogP contribution >= 0.6 is 0 Å². The maximum atomic E-state index is 13.7. The fraction of sp³-hybridized carbons (Fsp3) is 0.410. The van der Waals surface area contributed by atoms with Gasteiger partial charge in [0, 0.05) is 68.1 Å². The third-order valence-corrected chi connectivity index (χ3v) is 9.16. The van der Waals surface area contributed by atoms with Gasteiger partial charge in [-0.3, -0.25) is 9.69 Å². The first kappa shape index (κ1) is 36.4. The summed E-state index contributed by atoms with van der Waals surface area (Å²) in [4.78, 5) is 30.1. The van der Waals surface area contributed by atoms with Gasteiger partial charge in [-0.15, -0.1) is 0 Å². The fourth-order valence-corrected chi connectivity index (χ4v) is 5.99. The second-order valence-electron chi connectivity index (χ2n) is 12.7. The van der Waals surface area contributed by atoms with Gasteiger partial charge in [-0.1, -0.05) is 32.0 Å². The van der Waals surface area contributed by atoms with Crippen LogP contribution in [0.2, 0.25) is 0 Å². The number of methoxy groups -OCH3 is 1. The maximum absolute atomic E-state index is 13.7. The molecule has 0 aliphatic carbocycles. The Morgan fingerprint density at radius 1 is 0.940 bits per heavy atom. The fourth-order valence-electron chi connectivity index (χ4n) is 5.99. The molecule has 0 saturated carbocycles. The average Bonchev–Trinajstić information content (AvgIpc) is 3.12. The Morgan fingerprint density at radius 2 is 1.64 bits per heavy atom. The topological polar surface area (TPSA) is 104 Å². The number of hydrogen-bond donors (Lipinski definition) is 2. The number of amides is 1. The number of ether oxygens (including phenoxy) is 3. The lowest BCUT2D eigenvalue weighted by Crippen LogP contribution is -2.48. The van der Waals surface area contributed by atoms with Crippen molar-refractivity contribution >= 4 is 28.9 Å². The number of hydrogen-bond acceptors (Lipinski definition) is 10. The molecule has 1 aromatic heterocycles. The van der Waals surface area contributed by atoms with Gasteiger partial charge < -0.3 is 34.6 Å². The SMILES string of the molecule is CCN(CC)CCOc1ccc(Oc2nc(Nc3ccc(N4CCN(C(C)C)CC4)cc3)ncc2C(=O)Nc2c(C)cccc2C)c(OC)c1. The van der Waals surface area contributed by atoms with Gasteiger partial charge >= 0.3 is 0 Å². The molecule has 0 radical (unpaired) electrons. The molecule has 1 saturated heterocycles. The molecule has 266 valence electrons. The summed E-state index contributed by atoms with van der Waals surface area (Å²) in [5.74, 6) is 1.48. The molecule has 2 heterocycles. The molecule has 3 aromatic carbocycles. The molecule has 1 fully saturated rings. The zero-order valence-corrected chi connectivity index (χ0v) is 30.5. The smallest absolute Gasteiger partial charge is 0.262 e. The Labute approximate surface area is 296 Å². The Bertz CT molecular complexity index is 1700. The quantitative estimate of drug-likeness (QED) is 0.135. The summed E-state index contributed by atoms with van der Waals surface area (Å²) in [7, 11) is 1.57. The highest BCUT2D eigenvalue weighted by Crippen LogP contribution is 2.36. The average molecular weight is 682 g/mol. The number of benzene rings is 3. The molecule has 0 atom stereocenters. The lowest BCUT2D eigenvalue weighted by Gasteiger charge is -2.38. The predicted octanol–water partition coefficient (Wildman–Crippen LogP) is 7.14. The minimum Gasteiger partial charge on any atom is -0.493 e. The highest BCUT2D eigenvalue weighted by molar-refractivity contribution is 6.06. The van der Waals surface area contributed by atoms with E-state index in [1.165, 1.54) is 11.9 Å². The van der Waals surface area contributed by atoms with Gasteiger partial charge in [0.1, 0.15) is 17.9 Å². The minimum atomic E-state index is -0.388. The van der Waals surface area contributed by atoms with E-state index in [0.29, 0.717) is 29.9 Å². The van der Waals surface area contributed by atoms with Crippen molar-refractivity contribution in [1.82, 2.24) is 19.8 Å². The molecule has 5 rings (SSSR count). The summed E-state index contributed by atoms with van der Waals surface area (Å²) < 4.78 is 18.0. The van der Waals surface area contributed by atoms with Gasteiger partial charge in [-0.05, 0) is 88.3 Å². The predicted molar refractivity (Wildman–Crippen MR) is 201 cm³/mol. The van der Waals surface area contributed by atoms with Crippen LogP contribution in [0.1, 0.15) is 49.2 Å². The van der Waals surface area contributed by atoms with E-state index >= 15 is 0 Å². The van der Waals surface area contributed by atoms with Gasteiger partial charge in [0.15, 0.2) is 11.5 Å². The van der Waals surface area contributed by atoms with Gasteiger partial charge in [0.25, 0.3) is 5.91 Å². The normalized spacial score (nSPS) is 13.4. The van der Waals surface area contributed by atoms with Crippen LogP contribution in [0, 0.1) is 13.8 Å². The molecule has 1 amide bonds. The van der Waals surface area contributed by atoms with E-state index in [4.69, 9.17) is 14.2 Å². The number of aromatic nitrogens is 2. The number of carbonyl (C=O) groups is 1. The van der Waals surface area contributed by atoms with E-state index in [1.54, 1.807) is 19.2 Å². The highest BCUT2D eigenvalue weighted by Gasteiger charge is 2.22. The van der Waals surface area contributed by atoms with E-state index < -0.39 is 0 Å². The molecule has 1 aliphatic rings. The first-order valence-electron chi connectivity index (χ1n) is 17.5. The van der Waals surface area contributed by atoms with Crippen molar-refractivity contribution in [2.45, 2.75) is 47.6 Å².